The minimum atomic E-state index is -0.387. The molecule has 1 atom stereocenters. The van der Waals surface area contributed by atoms with Crippen molar-refractivity contribution in [3.05, 3.63) is 33.9 Å². The Labute approximate surface area is 118 Å². The summed E-state index contributed by atoms with van der Waals surface area (Å²) in [6.45, 7) is 2.78. The summed E-state index contributed by atoms with van der Waals surface area (Å²) in [7, 11) is 2.03. The van der Waals surface area contributed by atoms with Gasteiger partial charge in [-0.2, -0.15) is 11.8 Å². The van der Waals surface area contributed by atoms with Crippen molar-refractivity contribution in [2.75, 3.05) is 24.8 Å². The minimum Gasteiger partial charge on any atom is -0.398 e. The first-order chi connectivity index (χ1) is 8.99. The Bertz CT molecular complexity index is 440. The highest BCUT2D eigenvalue weighted by atomic mass is 32.2. The van der Waals surface area contributed by atoms with Gasteiger partial charge in [-0.25, -0.2) is 0 Å². The number of nitrogens with two attached hydrogens (primary N) is 1. The van der Waals surface area contributed by atoms with Gasteiger partial charge in [0.1, 0.15) is 0 Å². The van der Waals surface area contributed by atoms with Crippen molar-refractivity contribution in [3.8, 4) is 0 Å². The maximum atomic E-state index is 10.8. The summed E-state index contributed by atoms with van der Waals surface area (Å²) in [5.74, 6) is 1.04. The number of benzene rings is 1. The molecule has 6 heteroatoms. The molecule has 5 nitrogen and oxygen atoms in total. The Morgan fingerprint density at radius 1 is 1.53 bits per heavy atom. The average molecular weight is 283 g/mol. The number of non-ortho nitro benzene ring substituents is 1. The number of hydrogen-bond acceptors (Lipinski definition) is 5. The van der Waals surface area contributed by atoms with Gasteiger partial charge in [0, 0.05) is 36.2 Å². The molecule has 2 N–H and O–H groups in total. The van der Waals surface area contributed by atoms with E-state index in [0.29, 0.717) is 18.3 Å². The number of anilines is 1. The predicted molar refractivity (Wildman–Crippen MR) is 81.4 cm³/mol. The average Bonchev–Trinajstić information content (AvgIpc) is 2.38. The van der Waals surface area contributed by atoms with E-state index >= 15 is 0 Å². The molecule has 0 aliphatic heterocycles. The summed E-state index contributed by atoms with van der Waals surface area (Å²) in [5.41, 5.74) is 7.42. The van der Waals surface area contributed by atoms with Crippen LogP contribution in [-0.4, -0.2) is 34.9 Å². The molecule has 1 unspecified atom stereocenters. The Morgan fingerprint density at radius 2 is 2.21 bits per heavy atom. The van der Waals surface area contributed by atoms with Gasteiger partial charge in [0.05, 0.1) is 4.92 Å². The van der Waals surface area contributed by atoms with Gasteiger partial charge in [-0.05, 0) is 31.4 Å². The fourth-order valence-electron chi connectivity index (χ4n) is 1.99. The van der Waals surface area contributed by atoms with Crippen molar-refractivity contribution in [1.29, 1.82) is 0 Å². The van der Waals surface area contributed by atoms with Crippen molar-refractivity contribution in [3.63, 3.8) is 0 Å². The fourth-order valence-corrected chi connectivity index (χ4v) is 2.86. The van der Waals surface area contributed by atoms with Crippen molar-refractivity contribution in [1.82, 2.24) is 4.90 Å². The number of nitrogens with zero attached hydrogens (tertiary/aromatic N) is 2. The van der Waals surface area contributed by atoms with Crippen LogP contribution in [-0.2, 0) is 6.54 Å². The highest BCUT2D eigenvalue weighted by Gasteiger charge is 2.15. The summed E-state index contributed by atoms with van der Waals surface area (Å²) in [6.07, 6.45) is 3.13. The number of nitro groups is 1. The van der Waals surface area contributed by atoms with Gasteiger partial charge in [0.15, 0.2) is 0 Å². The van der Waals surface area contributed by atoms with Crippen LogP contribution in [0.3, 0.4) is 0 Å². The molecule has 0 heterocycles. The van der Waals surface area contributed by atoms with Crippen LogP contribution in [0.2, 0.25) is 0 Å². The number of nitrogen functional groups attached to an aromatic ring is 1. The molecule has 1 rings (SSSR count). The minimum absolute atomic E-state index is 0.0931. The van der Waals surface area contributed by atoms with Gasteiger partial charge in [-0.1, -0.05) is 6.92 Å². The van der Waals surface area contributed by atoms with Crippen LogP contribution >= 0.6 is 11.8 Å². The highest BCUT2D eigenvalue weighted by molar-refractivity contribution is 7.98. The van der Waals surface area contributed by atoms with Gasteiger partial charge < -0.3 is 5.73 Å². The first-order valence-electron chi connectivity index (χ1n) is 6.21. The first kappa shape index (κ1) is 15.8. The predicted octanol–water partition coefficient (Wildman–Crippen LogP) is 2.75. The third-order valence-corrected chi connectivity index (χ3v) is 3.93. The van der Waals surface area contributed by atoms with Gasteiger partial charge in [-0.3, -0.25) is 15.0 Å². The van der Waals surface area contributed by atoms with Crippen LogP contribution in [0, 0.1) is 10.1 Å². The van der Waals surface area contributed by atoms with Crippen LogP contribution < -0.4 is 5.73 Å². The van der Waals surface area contributed by atoms with E-state index in [9.17, 15) is 10.1 Å². The zero-order valence-corrected chi connectivity index (χ0v) is 12.4. The molecular formula is C13H21N3O2S. The van der Waals surface area contributed by atoms with E-state index in [2.05, 4.69) is 18.1 Å². The summed E-state index contributed by atoms with van der Waals surface area (Å²) < 4.78 is 0. The molecule has 0 aromatic heterocycles. The third kappa shape index (κ3) is 4.40. The van der Waals surface area contributed by atoms with E-state index in [0.717, 1.165) is 17.7 Å². The summed E-state index contributed by atoms with van der Waals surface area (Å²) in [4.78, 5) is 12.6. The molecular weight excluding hydrogens is 262 g/mol. The Morgan fingerprint density at radius 3 is 2.74 bits per heavy atom. The third-order valence-electron chi connectivity index (χ3n) is 3.21. The molecule has 106 valence electrons. The lowest BCUT2D eigenvalue weighted by Gasteiger charge is -2.27. The zero-order chi connectivity index (χ0) is 14.4. The normalized spacial score (nSPS) is 12.6. The van der Waals surface area contributed by atoms with Crippen molar-refractivity contribution < 1.29 is 4.92 Å². The molecule has 1 aromatic rings. The number of hydrogen-bond donors (Lipinski definition) is 1. The van der Waals surface area contributed by atoms with Crippen LogP contribution in [0.15, 0.2) is 18.2 Å². The van der Waals surface area contributed by atoms with Crippen molar-refractivity contribution in [2.24, 2.45) is 0 Å². The summed E-state index contributed by atoms with van der Waals surface area (Å²) in [5, 5.41) is 10.8. The molecule has 0 bridgehead atoms. The first-order valence-corrected chi connectivity index (χ1v) is 7.61. The number of rotatable bonds is 7. The molecule has 0 saturated carbocycles. The van der Waals surface area contributed by atoms with Gasteiger partial charge in [0.25, 0.3) is 5.69 Å². The molecule has 0 radical (unpaired) electrons. The Hall–Kier alpha value is -1.27. The van der Waals surface area contributed by atoms with Crippen molar-refractivity contribution in [2.45, 2.75) is 25.9 Å². The molecule has 19 heavy (non-hydrogen) atoms. The number of thioether (sulfide) groups is 1. The largest absolute Gasteiger partial charge is 0.398 e. The lowest BCUT2D eigenvalue weighted by molar-refractivity contribution is -0.384. The smallest absolute Gasteiger partial charge is 0.269 e. The van der Waals surface area contributed by atoms with Crippen LogP contribution in [0.1, 0.15) is 18.9 Å². The maximum Gasteiger partial charge on any atom is 0.269 e. The highest BCUT2D eigenvalue weighted by Crippen LogP contribution is 2.22. The van der Waals surface area contributed by atoms with Crippen LogP contribution in [0.5, 0.6) is 0 Å². The second-order valence-corrected chi connectivity index (χ2v) is 5.48. The van der Waals surface area contributed by atoms with E-state index in [1.54, 1.807) is 23.9 Å². The molecule has 1 aromatic carbocycles. The summed E-state index contributed by atoms with van der Waals surface area (Å²) in [6, 6.07) is 5.07. The topological polar surface area (TPSA) is 72.4 Å². The zero-order valence-electron chi connectivity index (χ0n) is 11.6. The SMILES string of the molecule is CCC(CSC)N(C)Cc1cc([N+](=O)[O-])ccc1N. The molecule has 0 spiro atoms. The number of nitro benzene ring substituents is 1. The van der Waals surface area contributed by atoms with E-state index < -0.39 is 0 Å². The van der Waals surface area contributed by atoms with Crippen LogP contribution in [0.4, 0.5) is 11.4 Å². The molecule has 0 saturated heterocycles. The van der Waals surface area contributed by atoms with E-state index in [1.807, 2.05) is 7.05 Å². The lowest BCUT2D eigenvalue weighted by Crippen LogP contribution is -2.32. The van der Waals surface area contributed by atoms with E-state index in [1.165, 1.54) is 6.07 Å². The van der Waals surface area contributed by atoms with E-state index in [4.69, 9.17) is 5.73 Å². The second-order valence-electron chi connectivity index (χ2n) is 4.57. The molecule has 0 aliphatic rings. The molecule has 0 amide bonds. The fraction of sp³-hybridized carbons (Fsp3) is 0.538. The Kier molecular flexibility index (Phi) is 6.11. The van der Waals surface area contributed by atoms with Crippen LogP contribution in [0.25, 0.3) is 0 Å². The van der Waals surface area contributed by atoms with E-state index in [-0.39, 0.29) is 10.6 Å². The van der Waals surface area contributed by atoms with Gasteiger partial charge >= 0.3 is 0 Å². The summed E-state index contributed by atoms with van der Waals surface area (Å²) >= 11 is 1.80. The Balaban J connectivity index is 2.85. The monoisotopic (exact) mass is 283 g/mol. The maximum absolute atomic E-state index is 10.8. The molecule has 0 aliphatic carbocycles. The molecule has 0 fully saturated rings. The van der Waals surface area contributed by atoms with Crippen molar-refractivity contribution >= 4 is 23.1 Å². The second kappa shape index (κ2) is 7.35. The lowest BCUT2D eigenvalue weighted by atomic mass is 10.1. The quantitative estimate of drug-likeness (QED) is 0.473. The van der Waals surface area contributed by atoms with Gasteiger partial charge in [0.2, 0.25) is 0 Å². The standard InChI is InChI=1S/C13H21N3O2S/c1-4-11(9-19-3)15(2)8-10-7-12(16(17)18)5-6-13(10)14/h5-7,11H,4,8-9,14H2,1-3H3. The van der Waals surface area contributed by atoms with Gasteiger partial charge in [-0.15, -0.1) is 0 Å².